The molecule has 0 aromatic heterocycles. The minimum atomic E-state index is -0.638. The minimum Gasteiger partial charge on any atom is -0.389 e. The van der Waals surface area contributed by atoms with Gasteiger partial charge in [0, 0.05) is 18.7 Å². The highest BCUT2D eigenvalue weighted by atomic mass is 19.1. The van der Waals surface area contributed by atoms with Crippen molar-refractivity contribution in [3.05, 3.63) is 35.1 Å². The summed E-state index contributed by atoms with van der Waals surface area (Å²) in [7, 11) is 0. The summed E-state index contributed by atoms with van der Waals surface area (Å²) in [6.45, 7) is 0.867. The summed E-state index contributed by atoms with van der Waals surface area (Å²) in [5.74, 6) is -0.373. The standard InChI is InChI=1S/C15H19FN2O/c16-14-8-12(9-17)4-5-13(14)10-18-11-15(19)6-2-1-3-7-15/h4-5,8,18-19H,1-3,6-7,10-11H2. The molecule has 1 aliphatic rings. The van der Waals surface area contributed by atoms with Crippen LogP contribution in [-0.2, 0) is 6.54 Å². The van der Waals surface area contributed by atoms with E-state index in [9.17, 15) is 9.50 Å². The van der Waals surface area contributed by atoms with Crippen molar-refractivity contribution >= 4 is 0 Å². The summed E-state index contributed by atoms with van der Waals surface area (Å²) in [6, 6.07) is 6.37. The number of nitrogens with zero attached hydrogens (tertiary/aromatic N) is 1. The smallest absolute Gasteiger partial charge is 0.129 e. The highest BCUT2D eigenvalue weighted by Crippen LogP contribution is 2.27. The second-order valence-corrected chi connectivity index (χ2v) is 5.31. The van der Waals surface area contributed by atoms with E-state index in [1.165, 1.54) is 12.5 Å². The fourth-order valence-electron chi connectivity index (χ4n) is 2.58. The zero-order valence-electron chi connectivity index (χ0n) is 11.0. The molecular formula is C15H19FN2O. The van der Waals surface area contributed by atoms with Gasteiger partial charge >= 0.3 is 0 Å². The first-order chi connectivity index (χ1) is 9.13. The van der Waals surface area contributed by atoms with Crippen LogP contribution in [0.15, 0.2) is 18.2 Å². The van der Waals surface area contributed by atoms with Crippen molar-refractivity contribution in [1.82, 2.24) is 5.32 Å². The maximum absolute atomic E-state index is 13.6. The Morgan fingerprint density at radius 3 is 2.68 bits per heavy atom. The van der Waals surface area contributed by atoms with Gasteiger partial charge in [0.2, 0.25) is 0 Å². The molecule has 0 saturated heterocycles. The lowest BCUT2D eigenvalue weighted by Crippen LogP contribution is -2.42. The van der Waals surface area contributed by atoms with Gasteiger partial charge < -0.3 is 10.4 Å². The molecule has 0 radical (unpaired) electrons. The first-order valence-corrected chi connectivity index (χ1v) is 6.75. The molecule has 1 aliphatic carbocycles. The van der Waals surface area contributed by atoms with Crippen molar-refractivity contribution in [1.29, 1.82) is 5.26 Å². The van der Waals surface area contributed by atoms with E-state index in [2.05, 4.69) is 5.32 Å². The van der Waals surface area contributed by atoms with E-state index in [0.29, 0.717) is 24.2 Å². The quantitative estimate of drug-likeness (QED) is 0.876. The Bertz CT molecular complexity index is 476. The van der Waals surface area contributed by atoms with Crippen molar-refractivity contribution in [2.45, 2.75) is 44.2 Å². The van der Waals surface area contributed by atoms with Crippen molar-refractivity contribution in [3.63, 3.8) is 0 Å². The summed E-state index contributed by atoms with van der Waals surface area (Å²) < 4.78 is 13.6. The average molecular weight is 262 g/mol. The van der Waals surface area contributed by atoms with Gasteiger partial charge in [0.25, 0.3) is 0 Å². The van der Waals surface area contributed by atoms with Crippen LogP contribution < -0.4 is 5.32 Å². The lowest BCUT2D eigenvalue weighted by molar-refractivity contribution is 0.00462. The number of aliphatic hydroxyl groups is 1. The fraction of sp³-hybridized carbons (Fsp3) is 0.533. The maximum Gasteiger partial charge on any atom is 0.129 e. The van der Waals surface area contributed by atoms with Gasteiger partial charge in [-0.25, -0.2) is 4.39 Å². The number of benzene rings is 1. The molecule has 1 saturated carbocycles. The first kappa shape index (κ1) is 14.0. The van der Waals surface area contributed by atoms with Crippen LogP contribution in [0.2, 0.25) is 0 Å². The largest absolute Gasteiger partial charge is 0.389 e. The third-order valence-electron chi connectivity index (χ3n) is 3.74. The van der Waals surface area contributed by atoms with Gasteiger partial charge in [-0.1, -0.05) is 25.3 Å². The molecule has 1 aromatic rings. The SMILES string of the molecule is N#Cc1ccc(CNCC2(O)CCCCC2)c(F)c1. The van der Waals surface area contributed by atoms with Crippen LogP contribution in [0.4, 0.5) is 4.39 Å². The van der Waals surface area contributed by atoms with Gasteiger partial charge in [-0.15, -0.1) is 0 Å². The van der Waals surface area contributed by atoms with Crippen LogP contribution in [0.1, 0.15) is 43.2 Å². The van der Waals surface area contributed by atoms with Crippen molar-refractivity contribution in [3.8, 4) is 6.07 Å². The summed E-state index contributed by atoms with van der Waals surface area (Å²) >= 11 is 0. The summed E-state index contributed by atoms with van der Waals surface area (Å²) in [6.07, 6.45) is 4.94. The number of rotatable bonds is 4. The van der Waals surface area contributed by atoms with Crippen molar-refractivity contribution in [2.24, 2.45) is 0 Å². The van der Waals surface area contributed by atoms with E-state index in [1.54, 1.807) is 12.1 Å². The molecule has 0 atom stereocenters. The van der Waals surface area contributed by atoms with Crippen LogP contribution in [0, 0.1) is 17.1 Å². The number of halogens is 1. The highest BCUT2D eigenvalue weighted by molar-refractivity contribution is 5.32. The predicted octanol–water partition coefficient (Wildman–Crippen LogP) is 2.48. The van der Waals surface area contributed by atoms with E-state index < -0.39 is 5.60 Å². The van der Waals surface area contributed by atoms with E-state index in [4.69, 9.17) is 5.26 Å². The van der Waals surface area contributed by atoms with Gasteiger partial charge in [-0.05, 0) is 25.0 Å². The van der Waals surface area contributed by atoms with E-state index in [1.807, 2.05) is 6.07 Å². The highest BCUT2D eigenvalue weighted by Gasteiger charge is 2.28. The fourth-order valence-corrected chi connectivity index (χ4v) is 2.58. The predicted molar refractivity (Wildman–Crippen MR) is 70.9 cm³/mol. The van der Waals surface area contributed by atoms with Crippen molar-refractivity contribution < 1.29 is 9.50 Å². The topological polar surface area (TPSA) is 56.0 Å². The third kappa shape index (κ3) is 3.76. The Kier molecular flexibility index (Phi) is 4.52. The molecule has 1 fully saturated rings. The Balaban J connectivity index is 1.87. The molecule has 0 amide bonds. The number of hydrogen-bond donors (Lipinski definition) is 2. The zero-order valence-corrected chi connectivity index (χ0v) is 11.0. The Labute approximate surface area is 113 Å². The summed E-state index contributed by atoms with van der Waals surface area (Å²) in [5, 5.41) is 22.1. The second kappa shape index (κ2) is 6.14. The molecule has 0 unspecified atom stereocenters. The monoisotopic (exact) mass is 262 g/mol. The van der Waals surface area contributed by atoms with Gasteiger partial charge in [0.1, 0.15) is 5.82 Å². The Morgan fingerprint density at radius 1 is 1.32 bits per heavy atom. The molecular weight excluding hydrogens is 243 g/mol. The van der Waals surface area contributed by atoms with E-state index in [-0.39, 0.29) is 5.82 Å². The van der Waals surface area contributed by atoms with Crippen LogP contribution in [0.5, 0.6) is 0 Å². The average Bonchev–Trinajstić information content (AvgIpc) is 2.41. The number of hydrogen-bond acceptors (Lipinski definition) is 3. The van der Waals surface area contributed by atoms with Gasteiger partial charge in [0.15, 0.2) is 0 Å². The van der Waals surface area contributed by atoms with Crippen LogP contribution >= 0.6 is 0 Å². The molecule has 0 aliphatic heterocycles. The zero-order chi connectivity index (χ0) is 13.7. The molecule has 2 rings (SSSR count). The molecule has 4 heteroatoms. The number of nitriles is 1. The molecule has 1 aromatic carbocycles. The number of nitrogens with one attached hydrogen (secondary N) is 1. The first-order valence-electron chi connectivity index (χ1n) is 6.75. The Hall–Kier alpha value is -1.44. The summed E-state index contributed by atoms with van der Waals surface area (Å²) in [4.78, 5) is 0. The lowest BCUT2D eigenvalue weighted by atomic mass is 9.85. The normalized spacial score (nSPS) is 17.9. The maximum atomic E-state index is 13.6. The van der Waals surface area contributed by atoms with Gasteiger partial charge in [0.05, 0.1) is 17.2 Å². The van der Waals surface area contributed by atoms with Crippen LogP contribution in [0.25, 0.3) is 0 Å². The van der Waals surface area contributed by atoms with Gasteiger partial charge in [-0.3, -0.25) is 0 Å². The molecule has 0 spiro atoms. The van der Waals surface area contributed by atoms with Crippen LogP contribution in [-0.4, -0.2) is 17.3 Å². The molecule has 3 nitrogen and oxygen atoms in total. The van der Waals surface area contributed by atoms with Crippen LogP contribution in [0.3, 0.4) is 0 Å². The third-order valence-corrected chi connectivity index (χ3v) is 3.74. The molecule has 0 bridgehead atoms. The molecule has 19 heavy (non-hydrogen) atoms. The molecule has 0 heterocycles. The minimum absolute atomic E-state index is 0.326. The van der Waals surface area contributed by atoms with E-state index >= 15 is 0 Å². The Morgan fingerprint density at radius 2 is 2.05 bits per heavy atom. The summed E-state index contributed by atoms with van der Waals surface area (Å²) in [5.41, 5.74) is 0.215. The molecule has 102 valence electrons. The lowest BCUT2D eigenvalue weighted by Gasteiger charge is -2.32. The second-order valence-electron chi connectivity index (χ2n) is 5.31. The van der Waals surface area contributed by atoms with Crippen molar-refractivity contribution in [2.75, 3.05) is 6.54 Å². The molecule has 2 N–H and O–H groups in total. The van der Waals surface area contributed by atoms with Gasteiger partial charge in [-0.2, -0.15) is 5.26 Å². The van der Waals surface area contributed by atoms with E-state index in [0.717, 1.165) is 25.7 Å².